The van der Waals surface area contributed by atoms with Crippen molar-refractivity contribution in [3.63, 3.8) is 0 Å². The summed E-state index contributed by atoms with van der Waals surface area (Å²) in [5.41, 5.74) is 1.32. The second-order valence-corrected chi connectivity index (χ2v) is 9.01. The molecule has 0 unspecified atom stereocenters. The van der Waals surface area contributed by atoms with Crippen molar-refractivity contribution in [3.8, 4) is 0 Å². The van der Waals surface area contributed by atoms with Gasteiger partial charge in [-0.25, -0.2) is 0 Å². The zero-order valence-electron chi connectivity index (χ0n) is 12.0. The molecule has 0 aromatic heterocycles. The van der Waals surface area contributed by atoms with Crippen LogP contribution in [0.15, 0.2) is 30.3 Å². The monoisotopic (exact) mass is 314 g/mol. The van der Waals surface area contributed by atoms with Crippen LogP contribution in [0.5, 0.6) is 0 Å². The molecule has 0 saturated heterocycles. The molecule has 0 N–H and O–H groups in total. The molecule has 4 heteroatoms. The molecule has 0 spiro atoms. The number of hydrogen-bond acceptors (Lipinski definition) is 2. The lowest BCUT2D eigenvalue weighted by atomic mass is 9.98. The van der Waals surface area contributed by atoms with Gasteiger partial charge in [0.2, 0.25) is 0 Å². The van der Waals surface area contributed by atoms with E-state index in [9.17, 15) is 4.57 Å². The van der Waals surface area contributed by atoms with Crippen LogP contribution in [0, 0.1) is 0 Å². The van der Waals surface area contributed by atoms with Crippen LogP contribution >= 0.6 is 18.0 Å². The molecular formula is C16H24ClO2P. The first-order valence-electron chi connectivity index (χ1n) is 7.67. The molecule has 1 atom stereocenters. The number of aryl methyl sites for hydroxylation is 1. The van der Waals surface area contributed by atoms with Gasteiger partial charge in [0.05, 0.1) is 6.10 Å². The first kappa shape index (κ1) is 16.1. The molecule has 1 aromatic rings. The lowest BCUT2D eigenvalue weighted by Crippen LogP contribution is -2.14. The smallest absolute Gasteiger partial charge is 0.290 e. The van der Waals surface area contributed by atoms with E-state index in [1.807, 2.05) is 18.2 Å². The molecule has 2 rings (SSSR count). The molecule has 20 heavy (non-hydrogen) atoms. The highest BCUT2D eigenvalue weighted by Gasteiger charge is 2.25. The highest BCUT2D eigenvalue weighted by molar-refractivity contribution is 7.85. The van der Waals surface area contributed by atoms with Crippen LogP contribution in [0.2, 0.25) is 0 Å². The summed E-state index contributed by atoms with van der Waals surface area (Å²) in [7, 11) is 0. The molecule has 1 aliphatic carbocycles. The van der Waals surface area contributed by atoms with Crippen molar-refractivity contribution in [2.75, 3.05) is 6.16 Å². The predicted molar refractivity (Wildman–Crippen MR) is 85.7 cm³/mol. The van der Waals surface area contributed by atoms with E-state index in [4.69, 9.17) is 15.8 Å². The van der Waals surface area contributed by atoms with Crippen molar-refractivity contribution < 1.29 is 9.09 Å². The molecule has 0 heterocycles. The fourth-order valence-corrected chi connectivity index (χ4v) is 4.78. The summed E-state index contributed by atoms with van der Waals surface area (Å²) < 4.78 is 17.9. The topological polar surface area (TPSA) is 26.3 Å². The van der Waals surface area contributed by atoms with Crippen molar-refractivity contribution in [2.24, 2.45) is 0 Å². The molecule has 112 valence electrons. The van der Waals surface area contributed by atoms with Crippen molar-refractivity contribution in [1.82, 2.24) is 0 Å². The molecule has 0 radical (unpaired) electrons. The summed E-state index contributed by atoms with van der Waals surface area (Å²) in [4.78, 5) is 0. The van der Waals surface area contributed by atoms with Gasteiger partial charge in [-0.05, 0) is 48.9 Å². The van der Waals surface area contributed by atoms with Gasteiger partial charge in [0, 0.05) is 6.16 Å². The van der Waals surface area contributed by atoms with E-state index in [2.05, 4.69) is 12.1 Å². The van der Waals surface area contributed by atoms with Gasteiger partial charge >= 0.3 is 0 Å². The van der Waals surface area contributed by atoms with Crippen LogP contribution in [0.3, 0.4) is 0 Å². The Balaban J connectivity index is 1.65. The molecule has 1 aromatic carbocycles. The van der Waals surface area contributed by atoms with E-state index >= 15 is 0 Å². The van der Waals surface area contributed by atoms with Crippen LogP contribution < -0.4 is 0 Å². The average Bonchev–Trinajstić information content (AvgIpc) is 2.45. The third-order valence-corrected chi connectivity index (χ3v) is 6.05. The number of benzene rings is 1. The second kappa shape index (κ2) is 8.22. The molecule has 0 aliphatic heterocycles. The van der Waals surface area contributed by atoms with E-state index in [-0.39, 0.29) is 6.10 Å². The number of rotatable bonds is 7. The maximum absolute atomic E-state index is 12.2. The fourth-order valence-electron chi connectivity index (χ4n) is 2.72. The van der Waals surface area contributed by atoms with Crippen molar-refractivity contribution >= 4 is 18.0 Å². The van der Waals surface area contributed by atoms with Crippen LogP contribution in [-0.2, 0) is 15.5 Å². The summed E-state index contributed by atoms with van der Waals surface area (Å²) in [6.07, 6.45) is 9.16. The van der Waals surface area contributed by atoms with E-state index in [0.29, 0.717) is 6.16 Å². The Morgan fingerprint density at radius 3 is 2.50 bits per heavy atom. The van der Waals surface area contributed by atoms with Gasteiger partial charge in [0.1, 0.15) is 0 Å². The van der Waals surface area contributed by atoms with Gasteiger partial charge in [0.15, 0.2) is 0 Å². The SMILES string of the molecule is O=[P@](Cl)(CCCCc1ccccc1)OC1CCCCC1. The van der Waals surface area contributed by atoms with Crippen molar-refractivity contribution in [1.29, 1.82) is 0 Å². The molecule has 0 amide bonds. The van der Waals surface area contributed by atoms with E-state index in [1.54, 1.807) is 0 Å². The third-order valence-electron chi connectivity index (χ3n) is 3.84. The lowest BCUT2D eigenvalue weighted by Gasteiger charge is -2.24. The first-order valence-corrected chi connectivity index (χ1v) is 10.4. The van der Waals surface area contributed by atoms with Crippen molar-refractivity contribution in [2.45, 2.75) is 57.5 Å². The first-order chi connectivity index (χ1) is 9.66. The summed E-state index contributed by atoms with van der Waals surface area (Å²) in [5, 5.41) is 0. The normalized spacial score (nSPS) is 19.6. The molecule has 0 bridgehead atoms. The summed E-state index contributed by atoms with van der Waals surface area (Å²) in [5.74, 6) is 0. The Bertz CT molecular complexity index is 429. The fraction of sp³-hybridized carbons (Fsp3) is 0.625. The van der Waals surface area contributed by atoms with E-state index < -0.39 is 6.72 Å². The van der Waals surface area contributed by atoms with E-state index in [0.717, 1.165) is 32.1 Å². The maximum atomic E-state index is 12.2. The molecular weight excluding hydrogens is 291 g/mol. The lowest BCUT2D eigenvalue weighted by molar-refractivity contribution is 0.163. The quantitative estimate of drug-likeness (QED) is 0.470. The standard InChI is InChI=1S/C16H24ClO2P/c17-20(18,19-16-12-5-2-6-13-16)14-8-7-11-15-9-3-1-4-10-15/h1,3-4,9-10,16H,2,5-8,11-14H2/t20-/m1/s1. The number of hydrogen-bond donors (Lipinski definition) is 0. The Kier molecular flexibility index (Phi) is 6.61. The van der Waals surface area contributed by atoms with Gasteiger partial charge in [-0.2, -0.15) is 0 Å². The van der Waals surface area contributed by atoms with Gasteiger partial charge < -0.3 is 4.52 Å². The minimum Gasteiger partial charge on any atom is -0.314 e. The Morgan fingerprint density at radius 2 is 1.80 bits per heavy atom. The highest BCUT2D eigenvalue weighted by atomic mass is 35.7. The second-order valence-electron chi connectivity index (χ2n) is 5.62. The summed E-state index contributed by atoms with van der Waals surface area (Å²) >= 11 is 6.08. The van der Waals surface area contributed by atoms with Crippen LogP contribution in [-0.4, -0.2) is 12.3 Å². The Morgan fingerprint density at radius 1 is 1.10 bits per heavy atom. The van der Waals surface area contributed by atoms with E-state index in [1.165, 1.54) is 24.8 Å². The summed E-state index contributed by atoms with van der Waals surface area (Å²) in [6, 6.07) is 10.4. The molecule has 1 saturated carbocycles. The minimum absolute atomic E-state index is 0.126. The van der Waals surface area contributed by atoms with Gasteiger partial charge in [-0.15, -0.1) is 0 Å². The largest absolute Gasteiger partial charge is 0.314 e. The zero-order chi connectivity index (χ0) is 14.3. The van der Waals surface area contributed by atoms with Crippen LogP contribution in [0.4, 0.5) is 0 Å². The number of halogens is 1. The van der Waals surface area contributed by atoms with Crippen LogP contribution in [0.25, 0.3) is 0 Å². The maximum Gasteiger partial charge on any atom is 0.290 e. The average molecular weight is 315 g/mol. The molecule has 1 aliphatic rings. The minimum atomic E-state index is -2.91. The predicted octanol–water partition coefficient (Wildman–Crippen LogP) is 5.79. The third kappa shape index (κ3) is 5.99. The van der Waals surface area contributed by atoms with Crippen LogP contribution in [0.1, 0.15) is 50.5 Å². The van der Waals surface area contributed by atoms with Gasteiger partial charge in [-0.3, -0.25) is 4.57 Å². The van der Waals surface area contributed by atoms with Crippen molar-refractivity contribution in [3.05, 3.63) is 35.9 Å². The summed E-state index contributed by atoms with van der Waals surface area (Å²) in [6.45, 7) is -2.91. The Labute approximate surface area is 127 Å². The van der Waals surface area contributed by atoms with Gasteiger partial charge in [-0.1, -0.05) is 49.6 Å². The Hall–Kier alpha value is -0.300. The zero-order valence-corrected chi connectivity index (χ0v) is 13.6. The van der Waals surface area contributed by atoms with Gasteiger partial charge in [0.25, 0.3) is 6.72 Å². The highest BCUT2D eigenvalue weighted by Crippen LogP contribution is 2.55. The number of unbranched alkanes of at least 4 members (excludes halogenated alkanes) is 1. The molecule has 2 nitrogen and oxygen atoms in total. The molecule has 1 fully saturated rings.